The van der Waals surface area contributed by atoms with Crippen LogP contribution in [0.15, 0.2) is 35.2 Å². The summed E-state index contributed by atoms with van der Waals surface area (Å²) in [5.74, 6) is -0.242. The van der Waals surface area contributed by atoms with Gasteiger partial charge in [0.2, 0.25) is 0 Å². The van der Waals surface area contributed by atoms with Crippen LogP contribution in [-0.2, 0) is 14.3 Å². The van der Waals surface area contributed by atoms with Crippen LogP contribution >= 0.6 is 11.8 Å². The molecule has 2 rings (SSSR count). The van der Waals surface area contributed by atoms with Crippen LogP contribution in [0.2, 0.25) is 0 Å². The van der Waals surface area contributed by atoms with Gasteiger partial charge in [-0.15, -0.1) is 11.8 Å². The van der Waals surface area contributed by atoms with Crippen LogP contribution in [-0.4, -0.2) is 29.0 Å². The summed E-state index contributed by atoms with van der Waals surface area (Å²) in [6.45, 7) is 7.63. The zero-order valence-corrected chi connectivity index (χ0v) is 13.3. The number of hydrogen-bond acceptors (Lipinski definition) is 4. The van der Waals surface area contributed by atoms with Gasteiger partial charge in [-0.3, -0.25) is 4.79 Å². The number of benzene rings is 1. The van der Waals surface area contributed by atoms with E-state index in [1.165, 1.54) is 11.8 Å². The summed E-state index contributed by atoms with van der Waals surface area (Å²) in [7, 11) is 0. The number of carbonyl (C=O) groups excluding carboxylic acids is 1. The highest BCUT2D eigenvalue weighted by Gasteiger charge is 2.43. The summed E-state index contributed by atoms with van der Waals surface area (Å²) in [5, 5.41) is 0.255. The average Bonchev–Trinajstić information content (AvgIpc) is 2.35. The number of thioether (sulfide) groups is 1. The van der Waals surface area contributed by atoms with E-state index in [1.54, 1.807) is 11.8 Å². The average molecular weight is 294 g/mol. The van der Waals surface area contributed by atoms with Crippen molar-refractivity contribution in [1.29, 1.82) is 0 Å². The molecule has 1 saturated heterocycles. The maximum Gasteiger partial charge on any atom is 0.302 e. The molecular weight excluding hydrogens is 272 g/mol. The molecule has 0 aromatic heterocycles. The highest BCUT2D eigenvalue weighted by molar-refractivity contribution is 8.00. The smallest absolute Gasteiger partial charge is 0.302 e. The molecule has 1 aromatic rings. The van der Waals surface area contributed by atoms with Crippen molar-refractivity contribution in [2.45, 2.75) is 62.1 Å². The largest absolute Gasteiger partial charge is 0.460 e. The van der Waals surface area contributed by atoms with E-state index in [9.17, 15) is 4.79 Å². The van der Waals surface area contributed by atoms with Gasteiger partial charge in [0.25, 0.3) is 0 Å². The first-order valence-corrected chi connectivity index (χ1v) is 7.83. The molecule has 0 amide bonds. The topological polar surface area (TPSA) is 35.5 Å². The maximum absolute atomic E-state index is 11.2. The quantitative estimate of drug-likeness (QED) is 0.797. The minimum Gasteiger partial charge on any atom is -0.460 e. The number of rotatable bonds is 3. The molecule has 0 unspecified atom stereocenters. The molecule has 20 heavy (non-hydrogen) atoms. The van der Waals surface area contributed by atoms with E-state index in [4.69, 9.17) is 9.47 Å². The third-order valence-corrected chi connectivity index (χ3v) is 5.16. The molecule has 0 bridgehead atoms. The van der Waals surface area contributed by atoms with Gasteiger partial charge in [0.1, 0.15) is 6.10 Å². The molecule has 3 nitrogen and oxygen atoms in total. The van der Waals surface area contributed by atoms with Crippen molar-refractivity contribution in [1.82, 2.24) is 0 Å². The minimum atomic E-state index is -0.242. The molecule has 0 aliphatic carbocycles. The molecule has 1 fully saturated rings. The second-order valence-electron chi connectivity index (χ2n) is 5.73. The Morgan fingerprint density at radius 2 is 2.00 bits per heavy atom. The van der Waals surface area contributed by atoms with Crippen LogP contribution in [0.4, 0.5) is 0 Å². The highest BCUT2D eigenvalue weighted by Crippen LogP contribution is 2.40. The fraction of sp³-hybridized carbons (Fsp3) is 0.562. The molecule has 4 heteroatoms. The van der Waals surface area contributed by atoms with Gasteiger partial charge in [-0.1, -0.05) is 18.2 Å². The van der Waals surface area contributed by atoms with Gasteiger partial charge in [0.15, 0.2) is 0 Å². The molecule has 110 valence electrons. The molecule has 1 aliphatic rings. The van der Waals surface area contributed by atoms with Crippen LogP contribution in [0.3, 0.4) is 0 Å². The van der Waals surface area contributed by atoms with Crippen molar-refractivity contribution in [3.8, 4) is 0 Å². The molecule has 0 saturated carbocycles. The molecule has 0 spiro atoms. The summed E-state index contributed by atoms with van der Waals surface area (Å²) in [6, 6.07) is 10.3. The molecule has 1 aromatic carbocycles. The first-order chi connectivity index (χ1) is 9.38. The standard InChI is InChI=1S/C16H22O3S/c1-11-14(18-12(2)17)10-15(16(3,4)19-11)20-13-8-6-5-7-9-13/h5-9,11,14-15H,10H2,1-4H3/t11-,14+,15-/m0/s1. The number of esters is 1. The zero-order valence-electron chi connectivity index (χ0n) is 12.5. The third-order valence-electron chi connectivity index (χ3n) is 3.57. The van der Waals surface area contributed by atoms with E-state index in [-0.39, 0.29) is 29.0 Å². The Kier molecular flexibility index (Phi) is 4.76. The molecule has 3 atom stereocenters. The number of ether oxygens (including phenoxy) is 2. The van der Waals surface area contributed by atoms with Crippen molar-refractivity contribution in [2.24, 2.45) is 0 Å². The van der Waals surface area contributed by atoms with Crippen molar-refractivity contribution < 1.29 is 14.3 Å². The maximum atomic E-state index is 11.2. The van der Waals surface area contributed by atoms with E-state index < -0.39 is 0 Å². The Hall–Kier alpha value is -1.00. The Bertz CT molecular complexity index is 458. The Balaban J connectivity index is 2.10. The minimum absolute atomic E-state index is 0.0680. The monoisotopic (exact) mass is 294 g/mol. The van der Waals surface area contributed by atoms with Crippen molar-refractivity contribution >= 4 is 17.7 Å². The Morgan fingerprint density at radius 1 is 1.35 bits per heavy atom. The van der Waals surface area contributed by atoms with E-state index in [0.717, 1.165) is 6.42 Å². The van der Waals surface area contributed by atoms with Gasteiger partial charge in [0, 0.05) is 23.5 Å². The van der Waals surface area contributed by atoms with Crippen molar-refractivity contribution in [2.75, 3.05) is 0 Å². The Morgan fingerprint density at radius 3 is 2.60 bits per heavy atom. The lowest BCUT2D eigenvalue weighted by atomic mass is 9.93. The molecule has 1 heterocycles. The van der Waals surface area contributed by atoms with Crippen LogP contribution in [0.5, 0.6) is 0 Å². The van der Waals surface area contributed by atoms with Gasteiger partial charge in [-0.05, 0) is 32.9 Å². The van der Waals surface area contributed by atoms with Crippen LogP contribution in [0.25, 0.3) is 0 Å². The van der Waals surface area contributed by atoms with E-state index in [1.807, 2.05) is 25.1 Å². The van der Waals surface area contributed by atoms with Gasteiger partial charge in [0.05, 0.1) is 11.7 Å². The zero-order chi connectivity index (χ0) is 14.8. The molecule has 1 aliphatic heterocycles. The van der Waals surface area contributed by atoms with E-state index in [0.29, 0.717) is 0 Å². The second kappa shape index (κ2) is 6.19. The highest BCUT2D eigenvalue weighted by atomic mass is 32.2. The fourth-order valence-electron chi connectivity index (χ4n) is 2.53. The normalized spacial score (nSPS) is 28.9. The van der Waals surface area contributed by atoms with Gasteiger partial charge in [-0.25, -0.2) is 0 Å². The van der Waals surface area contributed by atoms with Crippen molar-refractivity contribution in [3.63, 3.8) is 0 Å². The second-order valence-corrected chi connectivity index (χ2v) is 7.01. The van der Waals surface area contributed by atoms with Crippen molar-refractivity contribution in [3.05, 3.63) is 30.3 Å². The molecule has 0 radical (unpaired) electrons. The summed E-state index contributed by atoms with van der Waals surface area (Å²) >= 11 is 1.79. The summed E-state index contributed by atoms with van der Waals surface area (Å²) in [4.78, 5) is 12.4. The van der Waals surface area contributed by atoms with Gasteiger partial charge >= 0.3 is 5.97 Å². The van der Waals surface area contributed by atoms with E-state index in [2.05, 4.69) is 26.0 Å². The first-order valence-electron chi connectivity index (χ1n) is 6.95. The SMILES string of the molecule is CC(=O)O[C@@H]1C[C@H](Sc2ccccc2)C(C)(C)O[C@H]1C. The molecular formula is C16H22O3S. The lowest BCUT2D eigenvalue weighted by Gasteiger charge is -2.44. The van der Waals surface area contributed by atoms with Crippen LogP contribution < -0.4 is 0 Å². The third kappa shape index (κ3) is 3.76. The predicted octanol–water partition coefficient (Wildman–Crippen LogP) is 3.67. The fourth-order valence-corrected chi connectivity index (χ4v) is 3.80. The number of hydrogen-bond donors (Lipinski definition) is 0. The summed E-state index contributed by atoms with van der Waals surface area (Å²) in [6.07, 6.45) is 0.580. The summed E-state index contributed by atoms with van der Waals surface area (Å²) < 4.78 is 11.5. The molecule has 0 N–H and O–H groups in total. The van der Waals surface area contributed by atoms with Gasteiger partial charge in [-0.2, -0.15) is 0 Å². The lowest BCUT2D eigenvalue weighted by Crippen LogP contribution is -2.51. The van der Waals surface area contributed by atoms with Gasteiger partial charge < -0.3 is 9.47 Å². The summed E-state index contributed by atoms with van der Waals surface area (Å²) in [5.41, 5.74) is -0.240. The van der Waals surface area contributed by atoms with E-state index >= 15 is 0 Å². The number of carbonyl (C=O) groups is 1. The van der Waals surface area contributed by atoms with Crippen LogP contribution in [0, 0.1) is 0 Å². The predicted molar refractivity (Wildman–Crippen MR) is 80.9 cm³/mol. The Labute approximate surface area is 125 Å². The lowest BCUT2D eigenvalue weighted by molar-refractivity contribution is -0.179. The van der Waals surface area contributed by atoms with Crippen LogP contribution in [0.1, 0.15) is 34.1 Å². The first kappa shape index (κ1) is 15.4.